The molecular formula is C18H26N2OS2. The SMILES string of the molecule is O=C(CCCC[C@H]1CCSS1)N1CCCC[C@@H]1c1cccnc1. The molecule has 2 saturated heterocycles. The monoisotopic (exact) mass is 350 g/mol. The summed E-state index contributed by atoms with van der Waals surface area (Å²) in [5.41, 5.74) is 1.19. The molecule has 1 aromatic heterocycles. The van der Waals surface area contributed by atoms with Gasteiger partial charge in [0.2, 0.25) is 5.91 Å². The summed E-state index contributed by atoms with van der Waals surface area (Å²) in [5, 5.41) is 0.827. The van der Waals surface area contributed by atoms with E-state index >= 15 is 0 Å². The number of hydrogen-bond donors (Lipinski definition) is 0. The van der Waals surface area contributed by atoms with Crippen molar-refractivity contribution in [2.24, 2.45) is 0 Å². The van der Waals surface area contributed by atoms with Crippen LogP contribution in [0.4, 0.5) is 0 Å². The highest BCUT2D eigenvalue weighted by atomic mass is 33.1. The van der Waals surface area contributed by atoms with Gasteiger partial charge in [-0.3, -0.25) is 9.78 Å². The van der Waals surface area contributed by atoms with Crippen LogP contribution in [0, 0.1) is 0 Å². The van der Waals surface area contributed by atoms with Gasteiger partial charge >= 0.3 is 0 Å². The van der Waals surface area contributed by atoms with Gasteiger partial charge in [-0.25, -0.2) is 0 Å². The second-order valence-electron chi connectivity index (χ2n) is 6.46. The van der Waals surface area contributed by atoms with Crippen LogP contribution in [-0.4, -0.2) is 33.3 Å². The Morgan fingerprint density at radius 2 is 2.26 bits per heavy atom. The van der Waals surface area contributed by atoms with Crippen LogP contribution in [0.1, 0.15) is 63.0 Å². The molecule has 3 nitrogen and oxygen atoms in total. The molecule has 0 spiro atoms. The van der Waals surface area contributed by atoms with E-state index in [-0.39, 0.29) is 6.04 Å². The van der Waals surface area contributed by atoms with Crippen LogP contribution in [0.3, 0.4) is 0 Å². The maximum absolute atomic E-state index is 12.7. The van der Waals surface area contributed by atoms with Gasteiger partial charge in [0.25, 0.3) is 0 Å². The normalized spacial score (nSPS) is 24.8. The van der Waals surface area contributed by atoms with Crippen LogP contribution in [-0.2, 0) is 4.79 Å². The first-order chi connectivity index (χ1) is 11.3. The highest BCUT2D eigenvalue weighted by Gasteiger charge is 2.27. The third-order valence-electron chi connectivity index (χ3n) is 4.79. The lowest BCUT2D eigenvalue weighted by Gasteiger charge is -2.36. The number of nitrogens with zero attached hydrogens (tertiary/aromatic N) is 2. The maximum Gasteiger partial charge on any atom is 0.223 e. The van der Waals surface area contributed by atoms with Gasteiger partial charge in [0, 0.05) is 36.4 Å². The lowest BCUT2D eigenvalue weighted by Crippen LogP contribution is -2.38. The fourth-order valence-corrected chi connectivity index (χ4v) is 6.53. The highest BCUT2D eigenvalue weighted by Crippen LogP contribution is 2.40. The van der Waals surface area contributed by atoms with Gasteiger partial charge in [-0.15, -0.1) is 0 Å². The summed E-state index contributed by atoms with van der Waals surface area (Å²) in [6, 6.07) is 4.33. The third-order valence-corrected chi connectivity index (χ3v) is 7.79. The Kier molecular flexibility index (Phi) is 6.69. The molecule has 2 aliphatic heterocycles. The van der Waals surface area contributed by atoms with Crippen molar-refractivity contribution in [3.05, 3.63) is 30.1 Å². The number of unbranched alkanes of at least 4 members (excludes halogenated alkanes) is 1. The summed E-state index contributed by atoms with van der Waals surface area (Å²) < 4.78 is 0. The summed E-state index contributed by atoms with van der Waals surface area (Å²) in [6.45, 7) is 0.910. The van der Waals surface area contributed by atoms with Gasteiger partial charge in [-0.2, -0.15) is 0 Å². The number of aromatic nitrogens is 1. The van der Waals surface area contributed by atoms with Crippen LogP contribution in [0.15, 0.2) is 24.5 Å². The summed E-state index contributed by atoms with van der Waals surface area (Å²) >= 11 is 0. The summed E-state index contributed by atoms with van der Waals surface area (Å²) in [4.78, 5) is 19.0. The van der Waals surface area contributed by atoms with E-state index in [1.165, 1.54) is 37.0 Å². The zero-order valence-electron chi connectivity index (χ0n) is 13.7. The second-order valence-corrected chi connectivity index (χ2v) is 9.25. The minimum atomic E-state index is 0.242. The Bertz CT molecular complexity index is 491. The van der Waals surface area contributed by atoms with Crippen molar-refractivity contribution in [1.29, 1.82) is 0 Å². The van der Waals surface area contributed by atoms with Gasteiger partial charge in [-0.1, -0.05) is 34.1 Å². The Balaban J connectivity index is 1.48. The average molecular weight is 351 g/mol. The number of pyridine rings is 1. The zero-order valence-corrected chi connectivity index (χ0v) is 15.3. The van der Waals surface area contributed by atoms with E-state index < -0.39 is 0 Å². The summed E-state index contributed by atoms with van der Waals surface area (Å²) in [5.74, 6) is 1.64. The van der Waals surface area contributed by atoms with Crippen LogP contribution in [0.5, 0.6) is 0 Å². The van der Waals surface area contributed by atoms with Crippen molar-refractivity contribution < 1.29 is 4.79 Å². The molecule has 126 valence electrons. The first-order valence-corrected chi connectivity index (χ1v) is 11.2. The first-order valence-electron chi connectivity index (χ1n) is 8.82. The van der Waals surface area contributed by atoms with E-state index in [9.17, 15) is 4.79 Å². The molecule has 2 fully saturated rings. The predicted molar refractivity (Wildman–Crippen MR) is 99.5 cm³/mol. The molecule has 0 unspecified atom stereocenters. The van der Waals surface area contributed by atoms with Crippen molar-refractivity contribution in [2.45, 2.75) is 62.7 Å². The Morgan fingerprint density at radius 1 is 1.30 bits per heavy atom. The van der Waals surface area contributed by atoms with Gasteiger partial charge in [0.05, 0.1) is 6.04 Å². The molecular weight excluding hydrogens is 324 g/mol. The zero-order chi connectivity index (χ0) is 15.9. The Hall–Kier alpha value is -0.680. The van der Waals surface area contributed by atoms with E-state index in [1.807, 2.05) is 33.9 Å². The van der Waals surface area contributed by atoms with Crippen molar-refractivity contribution in [3.63, 3.8) is 0 Å². The molecule has 0 bridgehead atoms. The molecule has 0 saturated carbocycles. The fourth-order valence-electron chi connectivity index (χ4n) is 3.51. The number of hydrogen-bond acceptors (Lipinski definition) is 4. The number of likely N-dealkylation sites (tertiary alicyclic amines) is 1. The van der Waals surface area contributed by atoms with Crippen molar-refractivity contribution in [3.8, 4) is 0 Å². The summed E-state index contributed by atoms with van der Waals surface area (Å²) in [7, 11) is 4.04. The van der Waals surface area contributed by atoms with Gasteiger partial charge < -0.3 is 4.90 Å². The lowest BCUT2D eigenvalue weighted by atomic mass is 9.95. The van der Waals surface area contributed by atoms with Crippen LogP contribution >= 0.6 is 21.6 Å². The number of carbonyl (C=O) groups is 1. The van der Waals surface area contributed by atoms with Crippen LogP contribution < -0.4 is 0 Å². The van der Waals surface area contributed by atoms with Gasteiger partial charge in [0.1, 0.15) is 0 Å². The number of amides is 1. The van der Waals surface area contributed by atoms with Crippen molar-refractivity contribution in [2.75, 3.05) is 12.3 Å². The maximum atomic E-state index is 12.7. The van der Waals surface area contributed by atoms with Crippen molar-refractivity contribution in [1.82, 2.24) is 9.88 Å². The van der Waals surface area contributed by atoms with Gasteiger partial charge in [-0.05, 0) is 50.2 Å². The molecule has 2 atom stereocenters. The van der Waals surface area contributed by atoms with E-state index in [0.717, 1.165) is 31.1 Å². The quantitative estimate of drug-likeness (QED) is 0.542. The highest BCUT2D eigenvalue weighted by molar-refractivity contribution is 8.77. The largest absolute Gasteiger partial charge is 0.336 e. The Labute approximate surface area is 147 Å². The second kappa shape index (κ2) is 8.97. The molecule has 2 aliphatic rings. The third kappa shape index (κ3) is 4.90. The molecule has 3 heterocycles. The molecule has 0 aromatic carbocycles. The van der Waals surface area contributed by atoms with E-state index in [0.29, 0.717) is 12.3 Å². The minimum absolute atomic E-state index is 0.242. The van der Waals surface area contributed by atoms with Gasteiger partial charge in [0.15, 0.2) is 0 Å². The molecule has 1 aromatic rings. The smallest absolute Gasteiger partial charge is 0.223 e. The van der Waals surface area contributed by atoms with Crippen molar-refractivity contribution >= 4 is 27.5 Å². The Morgan fingerprint density at radius 3 is 3.04 bits per heavy atom. The lowest BCUT2D eigenvalue weighted by molar-refractivity contribution is -0.135. The molecule has 0 radical (unpaired) electrons. The molecule has 0 aliphatic carbocycles. The predicted octanol–water partition coefficient (Wildman–Crippen LogP) is 4.85. The van der Waals surface area contributed by atoms with E-state index in [1.54, 1.807) is 6.20 Å². The molecule has 23 heavy (non-hydrogen) atoms. The first kappa shape index (κ1) is 17.2. The number of rotatable bonds is 6. The molecule has 1 amide bonds. The number of carbonyl (C=O) groups excluding carboxylic acids is 1. The topological polar surface area (TPSA) is 33.2 Å². The van der Waals surface area contributed by atoms with E-state index in [4.69, 9.17) is 0 Å². The molecule has 5 heteroatoms. The molecule has 3 rings (SSSR count). The number of piperidine rings is 1. The van der Waals surface area contributed by atoms with E-state index in [2.05, 4.69) is 16.0 Å². The fraction of sp³-hybridized carbons (Fsp3) is 0.667. The minimum Gasteiger partial charge on any atom is -0.336 e. The standard InChI is InChI=1S/C18H26N2OS2/c21-18(9-2-1-7-16-10-13-22-23-16)20-12-4-3-8-17(20)15-6-5-11-19-14-15/h5-6,11,14,16-17H,1-4,7-10,12-13H2/t16-,17+/m0/s1. The van der Waals surface area contributed by atoms with Crippen LogP contribution in [0.25, 0.3) is 0 Å². The average Bonchev–Trinajstić information content (AvgIpc) is 3.13. The van der Waals surface area contributed by atoms with Crippen LogP contribution in [0.2, 0.25) is 0 Å². The summed E-state index contributed by atoms with van der Waals surface area (Å²) in [6.07, 6.45) is 12.7. The molecule has 0 N–H and O–H groups in total.